The third-order valence-electron chi connectivity index (χ3n) is 3.38. The number of aliphatic carboxylic acids is 1. The van der Waals surface area contributed by atoms with Crippen molar-refractivity contribution in [3.63, 3.8) is 0 Å². The van der Waals surface area contributed by atoms with Crippen molar-refractivity contribution in [2.24, 2.45) is 0 Å². The van der Waals surface area contributed by atoms with E-state index in [1.807, 2.05) is 18.2 Å². The van der Waals surface area contributed by atoms with Gasteiger partial charge in [0.15, 0.2) is 0 Å². The Bertz CT molecular complexity index is 678. The number of fused-ring (bicyclic) bond motifs is 1. The van der Waals surface area contributed by atoms with Gasteiger partial charge in [0, 0.05) is 11.8 Å². The Kier molecular flexibility index (Phi) is 5.36. The molecule has 2 aromatic rings. The van der Waals surface area contributed by atoms with Gasteiger partial charge in [-0.15, -0.1) is 0 Å². The Morgan fingerprint density at radius 1 is 1.00 bits per heavy atom. The van der Waals surface area contributed by atoms with Gasteiger partial charge in [-0.3, -0.25) is 4.79 Å². The van der Waals surface area contributed by atoms with Gasteiger partial charge in [-0.25, -0.2) is 4.79 Å². The summed E-state index contributed by atoms with van der Waals surface area (Å²) in [4.78, 5) is 21.4. The van der Waals surface area contributed by atoms with Crippen molar-refractivity contribution in [3.8, 4) is 5.75 Å². The lowest BCUT2D eigenvalue weighted by molar-refractivity contribution is -0.137. The van der Waals surface area contributed by atoms with Crippen molar-refractivity contribution in [1.82, 2.24) is 0 Å². The topological polar surface area (TPSA) is 83.8 Å². The molecule has 5 nitrogen and oxygen atoms in total. The molecule has 5 heteroatoms. The predicted molar refractivity (Wildman–Crippen MR) is 82.5 cm³/mol. The summed E-state index contributed by atoms with van der Waals surface area (Å²) in [7, 11) is 0. The summed E-state index contributed by atoms with van der Waals surface area (Å²) in [5.74, 6) is -1.01. The molecule has 116 valence electrons. The van der Waals surface area contributed by atoms with Crippen molar-refractivity contribution < 1.29 is 24.5 Å². The maximum Gasteiger partial charge on any atom is 0.335 e. The standard InChI is InChI=1S/C17H18O5/c18-16(19)7-2-1-3-10-22-15-6-4-5-12-11-13(17(20)21)8-9-14(12)15/h4-6,8-9,11H,1-3,7,10H2,(H,18,19)(H,20,21). The average Bonchev–Trinajstić information content (AvgIpc) is 2.49. The zero-order chi connectivity index (χ0) is 15.9. The Labute approximate surface area is 128 Å². The van der Waals surface area contributed by atoms with Crippen LogP contribution in [0.15, 0.2) is 36.4 Å². The Balaban J connectivity index is 1.96. The summed E-state index contributed by atoms with van der Waals surface area (Å²) in [5.41, 5.74) is 0.248. The maximum absolute atomic E-state index is 11.0. The minimum absolute atomic E-state index is 0.187. The van der Waals surface area contributed by atoms with Gasteiger partial charge in [0.05, 0.1) is 12.2 Å². The summed E-state index contributed by atoms with van der Waals surface area (Å²) >= 11 is 0. The summed E-state index contributed by atoms with van der Waals surface area (Å²) in [6.45, 7) is 0.513. The van der Waals surface area contributed by atoms with Crippen molar-refractivity contribution in [2.45, 2.75) is 25.7 Å². The normalized spacial score (nSPS) is 10.5. The number of ether oxygens (including phenoxy) is 1. The Hall–Kier alpha value is -2.56. The van der Waals surface area contributed by atoms with Crippen molar-refractivity contribution >= 4 is 22.7 Å². The van der Waals surface area contributed by atoms with Crippen LogP contribution in [0.4, 0.5) is 0 Å². The molecule has 0 heterocycles. The number of carbonyl (C=O) groups is 2. The fourth-order valence-electron chi connectivity index (χ4n) is 2.25. The molecule has 0 bridgehead atoms. The predicted octanol–water partition coefficient (Wildman–Crippen LogP) is 3.56. The second-order valence-corrected chi connectivity index (χ2v) is 5.05. The minimum Gasteiger partial charge on any atom is -0.493 e. The molecule has 0 saturated heterocycles. The highest BCUT2D eigenvalue weighted by molar-refractivity contribution is 5.96. The molecule has 22 heavy (non-hydrogen) atoms. The molecule has 0 fully saturated rings. The van der Waals surface area contributed by atoms with Gasteiger partial charge in [0.2, 0.25) is 0 Å². The molecule has 2 N–H and O–H groups in total. The first-order chi connectivity index (χ1) is 10.6. The van der Waals surface area contributed by atoms with Crippen LogP contribution in [0.3, 0.4) is 0 Å². The minimum atomic E-state index is -0.952. The van der Waals surface area contributed by atoms with Gasteiger partial charge in [0.25, 0.3) is 0 Å². The highest BCUT2D eigenvalue weighted by Crippen LogP contribution is 2.26. The Morgan fingerprint density at radius 2 is 1.82 bits per heavy atom. The van der Waals surface area contributed by atoms with E-state index in [1.54, 1.807) is 18.2 Å². The third-order valence-corrected chi connectivity index (χ3v) is 3.38. The molecule has 0 amide bonds. The first-order valence-corrected chi connectivity index (χ1v) is 7.18. The number of unbranched alkanes of at least 4 members (excludes halogenated alkanes) is 2. The van der Waals surface area contributed by atoms with Gasteiger partial charge >= 0.3 is 11.9 Å². The summed E-state index contributed by atoms with van der Waals surface area (Å²) in [5, 5.41) is 19.3. The van der Waals surface area contributed by atoms with Gasteiger partial charge in [0.1, 0.15) is 5.75 Å². The zero-order valence-electron chi connectivity index (χ0n) is 12.1. The molecule has 0 aromatic heterocycles. The van der Waals surface area contributed by atoms with Crippen LogP contribution < -0.4 is 4.74 Å². The van der Waals surface area contributed by atoms with E-state index >= 15 is 0 Å². The molecule has 2 aromatic carbocycles. The number of rotatable bonds is 8. The molecular formula is C17H18O5. The lowest BCUT2D eigenvalue weighted by Gasteiger charge is -2.09. The second-order valence-electron chi connectivity index (χ2n) is 5.05. The maximum atomic E-state index is 11.0. The molecule has 0 spiro atoms. The van der Waals surface area contributed by atoms with E-state index in [2.05, 4.69) is 0 Å². The van der Waals surface area contributed by atoms with Crippen LogP contribution in [-0.4, -0.2) is 28.8 Å². The SMILES string of the molecule is O=C(O)CCCCCOc1cccc2cc(C(=O)O)ccc12. The van der Waals surface area contributed by atoms with E-state index < -0.39 is 11.9 Å². The number of hydrogen-bond donors (Lipinski definition) is 2. The lowest BCUT2D eigenvalue weighted by atomic mass is 10.1. The smallest absolute Gasteiger partial charge is 0.335 e. The molecule has 0 aliphatic carbocycles. The largest absolute Gasteiger partial charge is 0.493 e. The van der Waals surface area contributed by atoms with Crippen LogP contribution in [0.25, 0.3) is 10.8 Å². The van der Waals surface area contributed by atoms with Crippen LogP contribution in [0.5, 0.6) is 5.75 Å². The van der Waals surface area contributed by atoms with E-state index in [0.717, 1.165) is 23.6 Å². The van der Waals surface area contributed by atoms with E-state index in [9.17, 15) is 9.59 Å². The number of carboxylic acids is 2. The zero-order valence-corrected chi connectivity index (χ0v) is 12.1. The molecule has 2 rings (SSSR count). The van der Waals surface area contributed by atoms with E-state index in [-0.39, 0.29) is 12.0 Å². The highest BCUT2D eigenvalue weighted by Gasteiger charge is 2.07. The van der Waals surface area contributed by atoms with E-state index in [1.165, 1.54) is 0 Å². The molecule has 0 aliphatic rings. The molecule has 0 atom stereocenters. The lowest BCUT2D eigenvalue weighted by Crippen LogP contribution is -2.00. The summed E-state index contributed by atoms with van der Waals surface area (Å²) in [6, 6.07) is 10.5. The van der Waals surface area contributed by atoms with E-state index in [4.69, 9.17) is 14.9 Å². The number of hydrogen-bond acceptors (Lipinski definition) is 3. The molecule has 0 aliphatic heterocycles. The highest BCUT2D eigenvalue weighted by atomic mass is 16.5. The monoisotopic (exact) mass is 302 g/mol. The Morgan fingerprint density at radius 3 is 2.55 bits per heavy atom. The molecular weight excluding hydrogens is 284 g/mol. The van der Waals surface area contributed by atoms with Crippen LogP contribution >= 0.6 is 0 Å². The fourth-order valence-corrected chi connectivity index (χ4v) is 2.25. The third kappa shape index (κ3) is 4.22. The number of carboxylic acid groups (broad SMARTS) is 2. The fraction of sp³-hybridized carbons (Fsp3) is 0.294. The van der Waals surface area contributed by atoms with Gasteiger partial charge in [-0.1, -0.05) is 12.1 Å². The number of benzene rings is 2. The second kappa shape index (κ2) is 7.45. The van der Waals surface area contributed by atoms with Crippen LogP contribution in [0.1, 0.15) is 36.0 Å². The first kappa shape index (κ1) is 15.8. The van der Waals surface area contributed by atoms with Crippen LogP contribution in [0, 0.1) is 0 Å². The molecule has 0 saturated carbocycles. The van der Waals surface area contributed by atoms with E-state index in [0.29, 0.717) is 18.8 Å². The molecule has 0 radical (unpaired) electrons. The molecule has 0 unspecified atom stereocenters. The summed E-state index contributed by atoms with van der Waals surface area (Å²) in [6.07, 6.45) is 2.43. The quantitative estimate of drug-likeness (QED) is 0.728. The van der Waals surface area contributed by atoms with Crippen LogP contribution in [-0.2, 0) is 4.79 Å². The summed E-state index contributed by atoms with van der Waals surface area (Å²) < 4.78 is 5.73. The van der Waals surface area contributed by atoms with Gasteiger partial charge in [-0.05, 0) is 48.9 Å². The van der Waals surface area contributed by atoms with Crippen molar-refractivity contribution in [3.05, 3.63) is 42.0 Å². The van der Waals surface area contributed by atoms with Gasteiger partial charge in [-0.2, -0.15) is 0 Å². The van der Waals surface area contributed by atoms with Crippen molar-refractivity contribution in [1.29, 1.82) is 0 Å². The first-order valence-electron chi connectivity index (χ1n) is 7.18. The number of aromatic carboxylic acids is 1. The van der Waals surface area contributed by atoms with Crippen molar-refractivity contribution in [2.75, 3.05) is 6.61 Å². The average molecular weight is 302 g/mol. The van der Waals surface area contributed by atoms with Crippen LogP contribution in [0.2, 0.25) is 0 Å². The van der Waals surface area contributed by atoms with Gasteiger partial charge < -0.3 is 14.9 Å².